The first-order chi connectivity index (χ1) is 9.06. The first kappa shape index (κ1) is 14.0. The normalized spacial score (nSPS) is 22.6. The highest BCUT2D eigenvalue weighted by molar-refractivity contribution is 5.87. The lowest BCUT2D eigenvalue weighted by atomic mass is 10.1. The van der Waals surface area contributed by atoms with E-state index in [1.807, 2.05) is 0 Å². The van der Waals surface area contributed by atoms with Crippen LogP contribution in [0.5, 0.6) is 0 Å². The third kappa shape index (κ3) is 3.77. The van der Waals surface area contributed by atoms with E-state index in [9.17, 15) is 9.18 Å². The van der Waals surface area contributed by atoms with Crippen LogP contribution in [-0.4, -0.2) is 17.6 Å². The maximum Gasteiger partial charge on any atom is 0.338 e. The molecule has 1 aromatic rings. The van der Waals surface area contributed by atoms with Crippen LogP contribution >= 0.6 is 0 Å². The smallest absolute Gasteiger partial charge is 0.338 e. The molecule has 0 saturated heterocycles. The monoisotopic (exact) mass is 265 g/mol. The predicted molar refractivity (Wildman–Crippen MR) is 71.6 cm³/mol. The molecule has 0 radical (unpaired) electrons. The summed E-state index contributed by atoms with van der Waals surface area (Å²) >= 11 is 0. The number of hydrogen-bond donors (Lipinski definition) is 2. The van der Waals surface area contributed by atoms with E-state index >= 15 is 0 Å². The molecule has 4 heteroatoms. The third-order valence-electron chi connectivity index (χ3n) is 3.83. The summed E-state index contributed by atoms with van der Waals surface area (Å²) in [5.41, 5.74) is 0.516. The molecule has 2 unspecified atom stereocenters. The molecule has 2 rings (SSSR count). The van der Waals surface area contributed by atoms with Crippen molar-refractivity contribution < 1.29 is 14.3 Å². The van der Waals surface area contributed by atoms with E-state index in [0.717, 1.165) is 23.9 Å². The van der Waals surface area contributed by atoms with Crippen LogP contribution in [0.4, 0.5) is 4.39 Å². The molecule has 0 aromatic heterocycles. The lowest BCUT2D eigenvalue weighted by Crippen LogP contribution is -2.21. The molecule has 0 aliphatic heterocycles. The molecule has 0 heterocycles. The molecule has 3 nitrogen and oxygen atoms in total. The molecule has 2 atom stereocenters. The largest absolute Gasteiger partial charge is 0.478 e. The predicted octanol–water partition coefficient (Wildman–Crippen LogP) is 3.05. The van der Waals surface area contributed by atoms with Gasteiger partial charge in [-0.2, -0.15) is 0 Å². The van der Waals surface area contributed by atoms with Gasteiger partial charge in [-0.1, -0.05) is 19.4 Å². The topological polar surface area (TPSA) is 49.3 Å². The highest BCUT2D eigenvalue weighted by Crippen LogP contribution is 2.29. The second-order valence-corrected chi connectivity index (χ2v) is 5.53. The van der Waals surface area contributed by atoms with Gasteiger partial charge >= 0.3 is 5.97 Å². The van der Waals surface area contributed by atoms with Crippen LogP contribution in [0.1, 0.15) is 42.1 Å². The molecular weight excluding hydrogens is 245 g/mol. The average Bonchev–Trinajstić information content (AvgIpc) is 2.75. The maximum atomic E-state index is 13.5. The van der Waals surface area contributed by atoms with E-state index in [-0.39, 0.29) is 5.56 Å². The minimum Gasteiger partial charge on any atom is -0.478 e. The van der Waals surface area contributed by atoms with Crippen LogP contribution in [0.3, 0.4) is 0 Å². The number of aromatic carboxylic acids is 1. The molecule has 1 saturated carbocycles. The summed E-state index contributed by atoms with van der Waals surface area (Å²) in [4.78, 5) is 10.7. The number of benzene rings is 1. The van der Waals surface area contributed by atoms with Gasteiger partial charge in [0.2, 0.25) is 0 Å². The lowest BCUT2D eigenvalue weighted by molar-refractivity contribution is 0.0692. The van der Waals surface area contributed by atoms with Gasteiger partial charge in [-0.05, 0) is 48.9 Å². The van der Waals surface area contributed by atoms with Gasteiger partial charge in [0.05, 0.1) is 5.56 Å². The summed E-state index contributed by atoms with van der Waals surface area (Å²) in [5.74, 6) is -0.351. The summed E-state index contributed by atoms with van der Waals surface area (Å²) in [6.07, 6.45) is 3.83. The van der Waals surface area contributed by atoms with E-state index in [2.05, 4.69) is 12.2 Å². The molecule has 19 heavy (non-hydrogen) atoms. The van der Waals surface area contributed by atoms with Crippen molar-refractivity contribution in [2.45, 2.75) is 32.7 Å². The van der Waals surface area contributed by atoms with Crippen LogP contribution < -0.4 is 5.32 Å². The fraction of sp³-hybridized carbons (Fsp3) is 0.533. The highest BCUT2D eigenvalue weighted by Gasteiger charge is 2.20. The number of carboxylic acids is 1. The summed E-state index contributed by atoms with van der Waals surface area (Å²) in [5, 5.41) is 12.1. The standard InChI is InChI=1S/C15H20FNO2/c1-10-2-3-11(6-10)8-17-9-12-4-5-13(15(18)19)14(16)7-12/h4-5,7,10-11,17H,2-3,6,8-9H2,1H3,(H,18,19). The van der Waals surface area contributed by atoms with E-state index < -0.39 is 11.8 Å². The van der Waals surface area contributed by atoms with Gasteiger partial charge in [0.25, 0.3) is 0 Å². The zero-order chi connectivity index (χ0) is 13.8. The van der Waals surface area contributed by atoms with Crippen molar-refractivity contribution in [1.82, 2.24) is 5.32 Å². The Kier molecular flexibility index (Phi) is 4.53. The van der Waals surface area contributed by atoms with Gasteiger partial charge < -0.3 is 10.4 Å². The SMILES string of the molecule is CC1CCC(CNCc2ccc(C(=O)O)c(F)c2)C1. The molecule has 0 spiro atoms. The third-order valence-corrected chi connectivity index (χ3v) is 3.83. The Morgan fingerprint density at radius 3 is 2.84 bits per heavy atom. The minimum absolute atomic E-state index is 0.270. The van der Waals surface area contributed by atoms with Crippen LogP contribution in [0.2, 0.25) is 0 Å². The Morgan fingerprint density at radius 1 is 1.47 bits per heavy atom. The van der Waals surface area contributed by atoms with E-state index in [0.29, 0.717) is 6.54 Å². The fourth-order valence-electron chi connectivity index (χ4n) is 2.77. The Hall–Kier alpha value is -1.42. The van der Waals surface area contributed by atoms with E-state index in [4.69, 9.17) is 5.11 Å². The summed E-state index contributed by atoms with van der Waals surface area (Å²) < 4.78 is 13.5. The molecule has 1 aliphatic rings. The van der Waals surface area contributed by atoms with E-state index in [1.54, 1.807) is 6.07 Å². The van der Waals surface area contributed by atoms with Gasteiger partial charge in [-0.25, -0.2) is 9.18 Å². The highest BCUT2D eigenvalue weighted by atomic mass is 19.1. The number of hydrogen-bond acceptors (Lipinski definition) is 2. The van der Waals surface area contributed by atoms with E-state index in [1.165, 1.54) is 31.4 Å². The number of nitrogens with one attached hydrogen (secondary N) is 1. The van der Waals surface area contributed by atoms with Crippen LogP contribution in [0.25, 0.3) is 0 Å². The number of carbonyl (C=O) groups is 1. The molecule has 2 N–H and O–H groups in total. The summed E-state index contributed by atoms with van der Waals surface area (Å²) in [6, 6.07) is 4.29. The van der Waals surface area contributed by atoms with Gasteiger partial charge in [-0.15, -0.1) is 0 Å². The molecule has 0 amide bonds. The van der Waals surface area contributed by atoms with Gasteiger partial charge in [-0.3, -0.25) is 0 Å². The first-order valence-electron chi connectivity index (χ1n) is 6.78. The molecule has 1 fully saturated rings. The Bertz CT molecular complexity index is 461. The average molecular weight is 265 g/mol. The molecule has 1 aromatic carbocycles. The summed E-state index contributed by atoms with van der Waals surface area (Å²) in [6.45, 7) is 3.81. The lowest BCUT2D eigenvalue weighted by Gasteiger charge is -2.11. The van der Waals surface area contributed by atoms with Gasteiger partial charge in [0, 0.05) is 6.54 Å². The maximum absolute atomic E-state index is 13.5. The Morgan fingerprint density at radius 2 is 2.26 bits per heavy atom. The molecular formula is C15H20FNO2. The van der Waals surface area contributed by atoms with Gasteiger partial charge in [0.1, 0.15) is 5.82 Å². The van der Waals surface area contributed by atoms with Crippen molar-refractivity contribution >= 4 is 5.97 Å². The van der Waals surface area contributed by atoms with Crippen molar-refractivity contribution in [2.24, 2.45) is 11.8 Å². The Labute approximate surface area is 112 Å². The number of carboxylic acid groups (broad SMARTS) is 1. The molecule has 104 valence electrons. The fourth-order valence-corrected chi connectivity index (χ4v) is 2.77. The summed E-state index contributed by atoms with van der Waals surface area (Å²) in [7, 11) is 0. The zero-order valence-electron chi connectivity index (χ0n) is 11.2. The van der Waals surface area contributed by atoms with Crippen molar-refractivity contribution in [3.8, 4) is 0 Å². The van der Waals surface area contributed by atoms with Crippen molar-refractivity contribution in [3.05, 3.63) is 35.1 Å². The van der Waals surface area contributed by atoms with Crippen LogP contribution in [-0.2, 0) is 6.54 Å². The van der Waals surface area contributed by atoms with Gasteiger partial charge in [0.15, 0.2) is 0 Å². The number of rotatable bonds is 5. The van der Waals surface area contributed by atoms with Crippen LogP contribution in [0, 0.1) is 17.7 Å². The zero-order valence-corrected chi connectivity index (χ0v) is 11.2. The quantitative estimate of drug-likeness (QED) is 0.860. The second-order valence-electron chi connectivity index (χ2n) is 5.53. The van der Waals surface area contributed by atoms with Crippen LogP contribution in [0.15, 0.2) is 18.2 Å². The second kappa shape index (κ2) is 6.15. The molecule has 0 bridgehead atoms. The minimum atomic E-state index is -1.23. The number of halogens is 1. The Balaban J connectivity index is 1.83. The van der Waals surface area contributed by atoms with Crippen molar-refractivity contribution in [2.75, 3.05) is 6.54 Å². The first-order valence-corrected chi connectivity index (χ1v) is 6.78. The molecule has 1 aliphatic carbocycles. The van der Waals surface area contributed by atoms with Crippen molar-refractivity contribution in [3.63, 3.8) is 0 Å². The van der Waals surface area contributed by atoms with Crippen molar-refractivity contribution in [1.29, 1.82) is 0 Å².